The zero-order valence-electron chi connectivity index (χ0n) is 8.49. The second-order valence-corrected chi connectivity index (χ2v) is 3.57. The fourth-order valence-corrected chi connectivity index (χ4v) is 1.54. The summed E-state index contributed by atoms with van der Waals surface area (Å²) in [6.45, 7) is 9.84. The molecule has 1 aliphatic rings. The Morgan fingerprint density at radius 2 is 2.17 bits per heavy atom. The fraction of sp³-hybridized carbons (Fsp3) is 0.889. The van der Waals surface area contributed by atoms with Crippen LogP contribution in [0, 0.1) is 0 Å². The van der Waals surface area contributed by atoms with Gasteiger partial charge < -0.3 is 4.90 Å². The van der Waals surface area contributed by atoms with Crippen LogP contribution in [-0.2, 0) is 0 Å². The highest BCUT2D eigenvalue weighted by molar-refractivity contribution is 5.56. The van der Waals surface area contributed by atoms with Crippen LogP contribution in [0.5, 0.6) is 0 Å². The molecular formula is C9H19N3. The van der Waals surface area contributed by atoms with E-state index in [1.54, 1.807) is 0 Å². The molecule has 1 heterocycles. The summed E-state index contributed by atoms with van der Waals surface area (Å²) in [5.74, 6) is 0. The zero-order chi connectivity index (χ0) is 9.14. The zero-order valence-corrected chi connectivity index (χ0v) is 8.49. The van der Waals surface area contributed by atoms with Gasteiger partial charge in [0.05, 0.1) is 0 Å². The first-order chi connectivity index (χ1) is 5.66. The van der Waals surface area contributed by atoms with Crippen molar-refractivity contribution in [2.24, 2.45) is 5.10 Å². The summed E-state index contributed by atoms with van der Waals surface area (Å²) in [5.41, 5.74) is 0. The Labute approximate surface area is 75.0 Å². The first-order valence-corrected chi connectivity index (χ1v) is 4.75. The summed E-state index contributed by atoms with van der Waals surface area (Å²) in [6, 6.07) is 0.498. The van der Waals surface area contributed by atoms with Crippen molar-refractivity contribution >= 4 is 6.34 Å². The van der Waals surface area contributed by atoms with Crippen LogP contribution in [0.25, 0.3) is 0 Å². The lowest BCUT2D eigenvalue weighted by Gasteiger charge is -2.29. The average Bonchev–Trinajstić information content (AvgIpc) is 2.34. The van der Waals surface area contributed by atoms with Crippen LogP contribution in [-0.4, -0.2) is 35.0 Å². The monoisotopic (exact) mass is 169 g/mol. The largest absolute Gasteiger partial charge is 0.340 e. The van der Waals surface area contributed by atoms with E-state index in [0.717, 1.165) is 6.54 Å². The van der Waals surface area contributed by atoms with Crippen LogP contribution in [0.3, 0.4) is 0 Å². The van der Waals surface area contributed by atoms with Gasteiger partial charge in [-0.15, -0.1) is 0 Å². The quantitative estimate of drug-likeness (QED) is 0.640. The Balaban J connectivity index is 2.50. The van der Waals surface area contributed by atoms with Gasteiger partial charge in [-0.25, -0.2) is 0 Å². The van der Waals surface area contributed by atoms with Crippen LogP contribution in [0.1, 0.15) is 34.1 Å². The van der Waals surface area contributed by atoms with Crippen LogP contribution >= 0.6 is 0 Å². The molecule has 0 bridgehead atoms. The van der Waals surface area contributed by atoms with Crippen molar-refractivity contribution in [3.05, 3.63) is 0 Å². The first kappa shape index (κ1) is 9.36. The molecule has 0 aromatic heterocycles. The standard InChI is InChI=1S/C9H19N3/c1-5-6-11-7-10-12(8(2)3)9(11)4/h7-9H,5-6H2,1-4H3. The Morgan fingerprint density at radius 1 is 1.50 bits per heavy atom. The van der Waals surface area contributed by atoms with E-state index in [9.17, 15) is 0 Å². The lowest BCUT2D eigenvalue weighted by atomic mass is 10.3. The third kappa shape index (κ3) is 1.71. The van der Waals surface area contributed by atoms with Crippen LogP contribution in [0.15, 0.2) is 5.10 Å². The van der Waals surface area contributed by atoms with Crippen LogP contribution < -0.4 is 0 Å². The maximum absolute atomic E-state index is 4.35. The van der Waals surface area contributed by atoms with Crippen molar-refractivity contribution in [1.82, 2.24) is 9.91 Å². The van der Waals surface area contributed by atoms with E-state index in [2.05, 4.69) is 42.7 Å². The van der Waals surface area contributed by atoms with Gasteiger partial charge in [-0.3, -0.25) is 5.01 Å². The van der Waals surface area contributed by atoms with Crippen molar-refractivity contribution < 1.29 is 0 Å². The molecule has 1 atom stereocenters. The van der Waals surface area contributed by atoms with E-state index in [1.807, 2.05) is 6.34 Å². The molecule has 0 fully saturated rings. The normalized spacial score (nSPS) is 22.9. The summed E-state index contributed by atoms with van der Waals surface area (Å²) < 4.78 is 0. The van der Waals surface area contributed by atoms with Gasteiger partial charge in [0.15, 0.2) is 0 Å². The lowest BCUT2D eigenvalue weighted by Crippen LogP contribution is -2.40. The molecule has 0 spiro atoms. The third-order valence-electron chi connectivity index (χ3n) is 2.21. The van der Waals surface area contributed by atoms with Crippen LogP contribution in [0.4, 0.5) is 0 Å². The smallest absolute Gasteiger partial charge is 0.116 e. The molecular weight excluding hydrogens is 150 g/mol. The molecule has 12 heavy (non-hydrogen) atoms. The van der Waals surface area contributed by atoms with Gasteiger partial charge in [0.25, 0.3) is 0 Å². The van der Waals surface area contributed by atoms with Gasteiger partial charge >= 0.3 is 0 Å². The average molecular weight is 169 g/mol. The van der Waals surface area contributed by atoms with Gasteiger partial charge in [0.1, 0.15) is 12.5 Å². The summed E-state index contributed by atoms with van der Waals surface area (Å²) in [7, 11) is 0. The van der Waals surface area contributed by atoms with Crippen molar-refractivity contribution in [2.75, 3.05) is 6.54 Å². The molecule has 0 N–H and O–H groups in total. The highest BCUT2D eigenvalue weighted by atomic mass is 15.6. The molecule has 0 radical (unpaired) electrons. The van der Waals surface area contributed by atoms with E-state index >= 15 is 0 Å². The number of hydrogen-bond acceptors (Lipinski definition) is 3. The summed E-state index contributed by atoms with van der Waals surface area (Å²) in [5, 5.41) is 6.49. The topological polar surface area (TPSA) is 18.8 Å². The molecule has 1 aliphatic heterocycles. The Morgan fingerprint density at radius 3 is 2.58 bits per heavy atom. The molecule has 3 heteroatoms. The fourth-order valence-electron chi connectivity index (χ4n) is 1.54. The maximum Gasteiger partial charge on any atom is 0.116 e. The van der Waals surface area contributed by atoms with Crippen molar-refractivity contribution in [1.29, 1.82) is 0 Å². The molecule has 0 amide bonds. The minimum atomic E-state index is 0.435. The molecule has 0 saturated carbocycles. The van der Waals surface area contributed by atoms with Gasteiger partial charge in [-0.05, 0) is 27.2 Å². The van der Waals surface area contributed by atoms with Crippen molar-refractivity contribution in [2.45, 2.75) is 46.3 Å². The van der Waals surface area contributed by atoms with E-state index in [-0.39, 0.29) is 0 Å². The van der Waals surface area contributed by atoms with E-state index in [4.69, 9.17) is 0 Å². The maximum atomic E-state index is 4.35. The Bertz CT molecular complexity index is 165. The van der Waals surface area contributed by atoms with Crippen molar-refractivity contribution in [3.8, 4) is 0 Å². The number of rotatable bonds is 3. The summed E-state index contributed by atoms with van der Waals surface area (Å²) in [6.07, 6.45) is 3.57. The highest BCUT2D eigenvalue weighted by Crippen LogP contribution is 2.14. The van der Waals surface area contributed by atoms with E-state index in [1.165, 1.54) is 6.42 Å². The van der Waals surface area contributed by atoms with Crippen LogP contribution in [0.2, 0.25) is 0 Å². The number of hydrazone groups is 1. The van der Waals surface area contributed by atoms with E-state index in [0.29, 0.717) is 12.2 Å². The predicted molar refractivity (Wildman–Crippen MR) is 51.9 cm³/mol. The summed E-state index contributed by atoms with van der Waals surface area (Å²) in [4.78, 5) is 2.28. The number of hydrogen-bond donors (Lipinski definition) is 0. The predicted octanol–water partition coefficient (Wildman–Crippen LogP) is 1.71. The summed E-state index contributed by atoms with van der Waals surface area (Å²) >= 11 is 0. The molecule has 70 valence electrons. The third-order valence-corrected chi connectivity index (χ3v) is 2.21. The van der Waals surface area contributed by atoms with Gasteiger partial charge in [0, 0.05) is 12.6 Å². The molecule has 1 rings (SSSR count). The second kappa shape index (κ2) is 3.78. The Kier molecular flexibility index (Phi) is 2.95. The van der Waals surface area contributed by atoms with E-state index < -0.39 is 0 Å². The Hall–Kier alpha value is -0.730. The molecule has 0 aromatic carbocycles. The molecule has 0 aromatic rings. The molecule has 0 saturated heterocycles. The first-order valence-electron chi connectivity index (χ1n) is 4.75. The number of nitrogens with zero attached hydrogens (tertiary/aromatic N) is 3. The second-order valence-electron chi connectivity index (χ2n) is 3.57. The van der Waals surface area contributed by atoms with Gasteiger partial charge in [-0.1, -0.05) is 6.92 Å². The lowest BCUT2D eigenvalue weighted by molar-refractivity contribution is 0.114. The highest BCUT2D eigenvalue weighted by Gasteiger charge is 2.24. The molecule has 1 unspecified atom stereocenters. The molecule has 3 nitrogen and oxygen atoms in total. The minimum absolute atomic E-state index is 0.435. The molecule has 0 aliphatic carbocycles. The van der Waals surface area contributed by atoms with Crippen molar-refractivity contribution in [3.63, 3.8) is 0 Å². The minimum Gasteiger partial charge on any atom is -0.340 e. The SMILES string of the molecule is CCCN1C=NN(C(C)C)C1C. The van der Waals surface area contributed by atoms with Gasteiger partial charge in [0.2, 0.25) is 0 Å². The van der Waals surface area contributed by atoms with Gasteiger partial charge in [-0.2, -0.15) is 5.10 Å².